The monoisotopic (exact) mass is 454 g/mol. The molecule has 32 heavy (non-hydrogen) atoms. The number of thioether (sulfide) groups is 1. The van der Waals surface area contributed by atoms with Gasteiger partial charge in [0.1, 0.15) is 17.6 Å². The number of rotatable bonds is 6. The van der Waals surface area contributed by atoms with Gasteiger partial charge in [0.25, 0.3) is 0 Å². The molecule has 9 heteroatoms. The summed E-state index contributed by atoms with van der Waals surface area (Å²) in [5.41, 5.74) is 2.33. The number of hydrogen-bond acceptors (Lipinski definition) is 7. The maximum atomic E-state index is 14.0. The van der Waals surface area contributed by atoms with Crippen molar-refractivity contribution in [2.45, 2.75) is 43.8 Å². The number of esters is 1. The van der Waals surface area contributed by atoms with Crippen molar-refractivity contribution in [2.24, 2.45) is 0 Å². The molecule has 0 bridgehead atoms. The van der Waals surface area contributed by atoms with Gasteiger partial charge in [-0.1, -0.05) is 42.1 Å². The van der Waals surface area contributed by atoms with E-state index in [-0.39, 0.29) is 17.7 Å². The van der Waals surface area contributed by atoms with Crippen molar-refractivity contribution in [1.82, 2.24) is 14.8 Å². The average molecular weight is 455 g/mol. The van der Waals surface area contributed by atoms with E-state index in [1.807, 2.05) is 0 Å². The molecular weight excluding hydrogens is 431 g/mol. The molecule has 4 rings (SSSR count). The van der Waals surface area contributed by atoms with Crippen LogP contribution in [0.2, 0.25) is 0 Å². The summed E-state index contributed by atoms with van der Waals surface area (Å²) < 4.78 is 21.1. The Morgan fingerprint density at radius 2 is 1.97 bits per heavy atom. The first-order chi connectivity index (χ1) is 15.3. The van der Waals surface area contributed by atoms with Gasteiger partial charge in [0.15, 0.2) is 0 Å². The van der Waals surface area contributed by atoms with Crippen LogP contribution in [0.5, 0.6) is 5.75 Å². The number of halogens is 1. The van der Waals surface area contributed by atoms with Crippen molar-refractivity contribution in [3.63, 3.8) is 0 Å². The van der Waals surface area contributed by atoms with Gasteiger partial charge in [-0.2, -0.15) is 4.98 Å². The minimum atomic E-state index is -0.589. The summed E-state index contributed by atoms with van der Waals surface area (Å²) in [4.78, 5) is 17.5. The number of carbonyl (C=O) groups excluding carboxylic acids is 1. The molecule has 0 aliphatic carbocycles. The van der Waals surface area contributed by atoms with Crippen LogP contribution in [0.4, 0.5) is 10.3 Å². The largest absolute Gasteiger partial charge is 0.508 e. The number of nitrogens with one attached hydrogen (secondary N) is 1. The maximum Gasteiger partial charge on any atom is 0.338 e. The quantitative estimate of drug-likeness (QED) is 0.414. The van der Waals surface area contributed by atoms with E-state index in [2.05, 4.69) is 15.4 Å². The summed E-state index contributed by atoms with van der Waals surface area (Å²) in [5.74, 6) is 0.228. The number of phenolic OH excluding ortho intramolecular Hbond substituents is 1. The summed E-state index contributed by atoms with van der Waals surface area (Å²) in [6.45, 7) is 5.37. The number of nitrogens with zero attached hydrogens (tertiary/aromatic N) is 3. The number of aromatic hydroxyl groups is 1. The Kier molecular flexibility index (Phi) is 6.18. The highest BCUT2D eigenvalue weighted by Gasteiger charge is 2.35. The van der Waals surface area contributed by atoms with E-state index in [1.165, 1.54) is 17.8 Å². The minimum absolute atomic E-state index is 0.120. The summed E-state index contributed by atoms with van der Waals surface area (Å²) in [7, 11) is 0. The Hall–Kier alpha value is -3.33. The zero-order chi connectivity index (χ0) is 22.8. The fourth-order valence-corrected chi connectivity index (χ4v) is 4.27. The minimum Gasteiger partial charge on any atom is -0.508 e. The van der Waals surface area contributed by atoms with E-state index in [0.29, 0.717) is 33.7 Å². The molecule has 1 aliphatic heterocycles. The molecule has 0 amide bonds. The lowest BCUT2D eigenvalue weighted by atomic mass is 9.95. The Balaban J connectivity index is 1.70. The predicted molar refractivity (Wildman–Crippen MR) is 120 cm³/mol. The van der Waals surface area contributed by atoms with Crippen molar-refractivity contribution in [2.75, 3.05) is 5.32 Å². The standard InChI is InChI=1S/C23H23FN4O3S/c1-13(2)31-21(30)19-14(3)25-22-26-23(32-12-16-6-4-5-7-18(16)24)27-28(22)20(19)15-8-10-17(29)11-9-15/h4-11,13,20,29H,12H2,1-3H3,(H,25,26,27). The molecule has 0 radical (unpaired) electrons. The number of hydrogen-bond donors (Lipinski definition) is 2. The van der Waals surface area contributed by atoms with Crippen LogP contribution >= 0.6 is 11.8 Å². The second-order valence-corrected chi connectivity index (χ2v) is 8.60. The number of ether oxygens (including phenoxy) is 1. The molecule has 1 aliphatic rings. The first kappa shape index (κ1) is 21.9. The van der Waals surface area contributed by atoms with Crippen molar-refractivity contribution < 1.29 is 19.0 Å². The van der Waals surface area contributed by atoms with E-state index < -0.39 is 12.0 Å². The van der Waals surface area contributed by atoms with Crippen LogP contribution in [0.25, 0.3) is 0 Å². The van der Waals surface area contributed by atoms with E-state index in [0.717, 1.165) is 5.56 Å². The summed E-state index contributed by atoms with van der Waals surface area (Å²) in [6, 6.07) is 12.6. The second-order valence-electron chi connectivity index (χ2n) is 7.65. The highest BCUT2D eigenvalue weighted by Crippen LogP contribution is 2.37. The van der Waals surface area contributed by atoms with Gasteiger partial charge in [0.2, 0.25) is 11.1 Å². The highest BCUT2D eigenvalue weighted by atomic mass is 32.2. The van der Waals surface area contributed by atoms with Crippen LogP contribution in [-0.4, -0.2) is 31.9 Å². The normalized spacial score (nSPS) is 15.5. The van der Waals surface area contributed by atoms with Crippen LogP contribution in [0, 0.1) is 5.82 Å². The highest BCUT2D eigenvalue weighted by molar-refractivity contribution is 7.98. The van der Waals surface area contributed by atoms with Crippen LogP contribution in [-0.2, 0) is 15.3 Å². The number of carbonyl (C=O) groups is 1. The molecular formula is C23H23FN4O3S. The Bertz CT molecular complexity index is 1170. The van der Waals surface area contributed by atoms with Crippen molar-refractivity contribution in [3.05, 3.63) is 76.7 Å². The fourth-order valence-electron chi connectivity index (χ4n) is 3.46. The van der Waals surface area contributed by atoms with Gasteiger partial charge < -0.3 is 15.2 Å². The molecule has 2 N–H and O–H groups in total. The van der Waals surface area contributed by atoms with Crippen LogP contribution < -0.4 is 5.32 Å². The Morgan fingerprint density at radius 3 is 2.66 bits per heavy atom. The number of benzene rings is 2. The SMILES string of the molecule is CC1=C(C(=O)OC(C)C)C(c2ccc(O)cc2)n2nc(SCc3ccccc3F)nc2N1. The van der Waals surface area contributed by atoms with Gasteiger partial charge >= 0.3 is 5.97 Å². The molecule has 1 unspecified atom stereocenters. The van der Waals surface area contributed by atoms with Crippen LogP contribution in [0.3, 0.4) is 0 Å². The molecule has 2 heterocycles. The molecule has 0 saturated heterocycles. The van der Waals surface area contributed by atoms with Gasteiger partial charge in [0.05, 0.1) is 11.7 Å². The molecule has 0 spiro atoms. The molecule has 0 fully saturated rings. The van der Waals surface area contributed by atoms with Gasteiger partial charge in [-0.15, -0.1) is 5.10 Å². The molecule has 0 saturated carbocycles. The van der Waals surface area contributed by atoms with Crippen molar-refractivity contribution in [3.8, 4) is 5.75 Å². The lowest BCUT2D eigenvalue weighted by Crippen LogP contribution is -2.30. The van der Waals surface area contributed by atoms with Gasteiger partial charge in [-0.05, 0) is 50.1 Å². The molecule has 1 atom stereocenters. The number of aromatic nitrogens is 3. The lowest BCUT2D eigenvalue weighted by molar-refractivity contribution is -0.143. The summed E-state index contributed by atoms with van der Waals surface area (Å²) in [6.07, 6.45) is -0.285. The number of allylic oxidation sites excluding steroid dienone is 1. The number of fused-ring (bicyclic) bond motifs is 1. The smallest absolute Gasteiger partial charge is 0.338 e. The number of phenols is 1. The summed E-state index contributed by atoms with van der Waals surface area (Å²) in [5, 5.41) is 17.9. The predicted octanol–water partition coefficient (Wildman–Crippen LogP) is 4.66. The van der Waals surface area contributed by atoms with Crippen LogP contribution in [0.1, 0.15) is 37.9 Å². The zero-order valence-electron chi connectivity index (χ0n) is 17.9. The van der Waals surface area contributed by atoms with E-state index in [1.54, 1.807) is 67.9 Å². The van der Waals surface area contributed by atoms with E-state index in [4.69, 9.17) is 4.74 Å². The topological polar surface area (TPSA) is 89.3 Å². The van der Waals surface area contributed by atoms with Gasteiger partial charge in [-0.25, -0.2) is 13.9 Å². The van der Waals surface area contributed by atoms with Crippen LogP contribution in [0.15, 0.2) is 65.0 Å². The van der Waals surface area contributed by atoms with Crippen molar-refractivity contribution in [1.29, 1.82) is 0 Å². The Labute approximate surface area is 189 Å². The first-order valence-electron chi connectivity index (χ1n) is 10.1. The number of anilines is 1. The third-order valence-electron chi connectivity index (χ3n) is 4.92. The summed E-state index contributed by atoms with van der Waals surface area (Å²) >= 11 is 1.30. The fraction of sp³-hybridized carbons (Fsp3) is 0.261. The lowest BCUT2D eigenvalue weighted by Gasteiger charge is -2.28. The zero-order valence-corrected chi connectivity index (χ0v) is 18.7. The van der Waals surface area contributed by atoms with E-state index >= 15 is 0 Å². The van der Waals surface area contributed by atoms with Gasteiger partial charge in [-0.3, -0.25) is 0 Å². The molecule has 1 aromatic heterocycles. The molecule has 3 aromatic rings. The molecule has 7 nitrogen and oxygen atoms in total. The third-order valence-corrected chi connectivity index (χ3v) is 5.81. The Morgan fingerprint density at radius 1 is 1.25 bits per heavy atom. The second kappa shape index (κ2) is 9.04. The average Bonchev–Trinajstić information content (AvgIpc) is 3.14. The molecule has 2 aromatic carbocycles. The van der Waals surface area contributed by atoms with E-state index in [9.17, 15) is 14.3 Å². The van der Waals surface area contributed by atoms with Crippen molar-refractivity contribution >= 4 is 23.7 Å². The first-order valence-corrected chi connectivity index (χ1v) is 11.1. The molecule has 166 valence electrons. The maximum absolute atomic E-state index is 14.0. The van der Waals surface area contributed by atoms with Gasteiger partial charge in [0, 0.05) is 11.4 Å². The third kappa shape index (κ3) is 4.47.